The van der Waals surface area contributed by atoms with Crippen LogP contribution in [0, 0.1) is 0 Å². The molecule has 0 bridgehead atoms. The molecule has 110 valence electrons. The molecule has 1 aliphatic rings. The molecule has 0 unspecified atom stereocenters. The number of rotatable bonds is 4. The van der Waals surface area contributed by atoms with Gasteiger partial charge in [0.2, 0.25) is 5.91 Å². The highest BCUT2D eigenvalue weighted by molar-refractivity contribution is 5.86. The lowest BCUT2D eigenvalue weighted by Gasteiger charge is -2.24. The molecule has 1 N–H and O–H groups in total. The van der Waals surface area contributed by atoms with Crippen molar-refractivity contribution < 1.29 is 4.79 Å². The van der Waals surface area contributed by atoms with Gasteiger partial charge in [0.15, 0.2) is 0 Å². The molecule has 2 heterocycles. The highest BCUT2D eigenvalue weighted by Gasteiger charge is 2.28. The van der Waals surface area contributed by atoms with Crippen molar-refractivity contribution in [2.75, 3.05) is 18.4 Å². The van der Waals surface area contributed by atoms with Gasteiger partial charge in [0, 0.05) is 32.4 Å². The first-order valence-corrected chi connectivity index (χ1v) is 7.34. The molecule has 0 saturated carbocycles. The number of amides is 1. The van der Waals surface area contributed by atoms with Gasteiger partial charge in [0.25, 0.3) is 0 Å². The number of likely N-dealkylation sites (tertiary alicyclic amines) is 1. The average molecular weight is 284 g/mol. The van der Waals surface area contributed by atoms with Crippen LogP contribution < -0.4 is 5.32 Å². The zero-order chi connectivity index (χ0) is 14.7. The van der Waals surface area contributed by atoms with Crippen molar-refractivity contribution in [3.8, 4) is 0 Å². The summed E-state index contributed by atoms with van der Waals surface area (Å²) in [6, 6.07) is 11.3. The summed E-state index contributed by atoms with van der Waals surface area (Å²) in [5, 5.41) is 7.59. The maximum atomic E-state index is 12.8. The van der Waals surface area contributed by atoms with Gasteiger partial charge >= 0.3 is 0 Å². The second-order valence-corrected chi connectivity index (χ2v) is 5.40. The van der Waals surface area contributed by atoms with Gasteiger partial charge in [0.05, 0.1) is 0 Å². The molecule has 1 atom stereocenters. The molecule has 1 aromatic carbocycles. The second-order valence-electron chi connectivity index (χ2n) is 5.40. The Kier molecular flexibility index (Phi) is 3.90. The lowest BCUT2D eigenvalue weighted by Crippen LogP contribution is -2.36. The van der Waals surface area contributed by atoms with Crippen LogP contribution in [0.2, 0.25) is 0 Å². The molecule has 2 aromatic rings. The fourth-order valence-electron chi connectivity index (χ4n) is 2.69. The predicted octanol–water partition coefficient (Wildman–Crippen LogP) is 2.20. The minimum absolute atomic E-state index is 0.129. The summed E-state index contributed by atoms with van der Waals surface area (Å²) in [5.41, 5.74) is 0.972. The molecular formula is C16H20N4O. The Hall–Kier alpha value is -2.30. The van der Waals surface area contributed by atoms with Crippen molar-refractivity contribution in [2.24, 2.45) is 7.05 Å². The summed E-state index contributed by atoms with van der Waals surface area (Å²) in [6.45, 7) is 1.71. The lowest BCUT2D eigenvalue weighted by atomic mass is 10.1. The van der Waals surface area contributed by atoms with Gasteiger partial charge in [-0.15, -0.1) is 0 Å². The SMILES string of the molecule is Cn1ccc(N[C@H](C(=O)N2CCCC2)c2ccccc2)n1. The zero-order valence-corrected chi connectivity index (χ0v) is 12.2. The highest BCUT2D eigenvalue weighted by Crippen LogP contribution is 2.23. The maximum Gasteiger partial charge on any atom is 0.249 e. The third-order valence-corrected chi connectivity index (χ3v) is 3.80. The van der Waals surface area contributed by atoms with E-state index in [4.69, 9.17) is 0 Å². The smallest absolute Gasteiger partial charge is 0.249 e. The largest absolute Gasteiger partial charge is 0.353 e. The molecule has 1 amide bonds. The zero-order valence-electron chi connectivity index (χ0n) is 12.2. The summed E-state index contributed by atoms with van der Waals surface area (Å²) >= 11 is 0. The fourth-order valence-corrected chi connectivity index (χ4v) is 2.69. The van der Waals surface area contributed by atoms with E-state index in [1.807, 2.05) is 54.5 Å². The third-order valence-electron chi connectivity index (χ3n) is 3.80. The van der Waals surface area contributed by atoms with Gasteiger partial charge in [-0.05, 0) is 18.4 Å². The Morgan fingerprint density at radius 1 is 1.19 bits per heavy atom. The molecule has 0 spiro atoms. The van der Waals surface area contributed by atoms with Crippen molar-refractivity contribution >= 4 is 11.7 Å². The average Bonchev–Trinajstić information content (AvgIpc) is 3.16. The predicted molar refractivity (Wildman–Crippen MR) is 81.8 cm³/mol. The number of aryl methyl sites for hydroxylation is 1. The Morgan fingerprint density at radius 2 is 1.90 bits per heavy atom. The highest BCUT2D eigenvalue weighted by atomic mass is 16.2. The van der Waals surface area contributed by atoms with Crippen LogP contribution in [-0.4, -0.2) is 33.7 Å². The molecule has 0 radical (unpaired) electrons. The van der Waals surface area contributed by atoms with Crippen LogP contribution >= 0.6 is 0 Å². The molecule has 5 nitrogen and oxygen atoms in total. The Morgan fingerprint density at radius 3 is 2.52 bits per heavy atom. The monoisotopic (exact) mass is 284 g/mol. The van der Waals surface area contributed by atoms with Gasteiger partial charge < -0.3 is 10.2 Å². The molecule has 3 rings (SSSR count). The van der Waals surface area contributed by atoms with Crippen molar-refractivity contribution in [2.45, 2.75) is 18.9 Å². The number of nitrogens with one attached hydrogen (secondary N) is 1. The van der Waals surface area contributed by atoms with E-state index in [0.29, 0.717) is 0 Å². The van der Waals surface area contributed by atoms with E-state index in [9.17, 15) is 4.79 Å². The summed E-state index contributed by atoms with van der Waals surface area (Å²) < 4.78 is 1.73. The molecule has 1 aliphatic heterocycles. The number of anilines is 1. The minimum Gasteiger partial charge on any atom is -0.353 e. The van der Waals surface area contributed by atoms with Crippen molar-refractivity contribution in [1.29, 1.82) is 0 Å². The number of carbonyl (C=O) groups excluding carboxylic acids is 1. The summed E-state index contributed by atoms with van der Waals surface area (Å²) in [6.07, 6.45) is 4.05. The van der Waals surface area contributed by atoms with Crippen LogP contribution in [0.25, 0.3) is 0 Å². The van der Waals surface area contributed by atoms with Gasteiger partial charge in [-0.25, -0.2) is 0 Å². The van der Waals surface area contributed by atoms with E-state index in [1.165, 1.54) is 0 Å². The van der Waals surface area contributed by atoms with Gasteiger partial charge in [-0.2, -0.15) is 5.10 Å². The first-order valence-electron chi connectivity index (χ1n) is 7.34. The maximum absolute atomic E-state index is 12.8. The van der Waals surface area contributed by atoms with Crippen molar-refractivity contribution in [3.63, 3.8) is 0 Å². The standard InChI is InChI=1S/C16H20N4O/c1-19-12-9-14(18-19)17-15(13-7-3-2-4-8-13)16(21)20-10-5-6-11-20/h2-4,7-9,12,15H,5-6,10-11H2,1H3,(H,17,18)/t15-/m0/s1. The summed E-state index contributed by atoms with van der Waals surface area (Å²) in [4.78, 5) is 14.7. The quantitative estimate of drug-likeness (QED) is 0.936. The lowest BCUT2D eigenvalue weighted by molar-refractivity contribution is -0.131. The molecular weight excluding hydrogens is 264 g/mol. The van der Waals surface area contributed by atoms with Crippen LogP contribution in [-0.2, 0) is 11.8 Å². The minimum atomic E-state index is -0.376. The third kappa shape index (κ3) is 3.07. The van der Waals surface area contributed by atoms with Crippen molar-refractivity contribution in [3.05, 3.63) is 48.2 Å². The Balaban J connectivity index is 1.85. The van der Waals surface area contributed by atoms with E-state index in [-0.39, 0.29) is 11.9 Å². The van der Waals surface area contributed by atoms with E-state index in [1.54, 1.807) is 4.68 Å². The summed E-state index contributed by atoms with van der Waals surface area (Å²) in [5.74, 6) is 0.850. The van der Waals surface area contributed by atoms with Gasteiger partial charge in [-0.3, -0.25) is 9.48 Å². The first-order chi connectivity index (χ1) is 10.2. The molecule has 0 aliphatic carbocycles. The molecule has 5 heteroatoms. The van der Waals surface area contributed by atoms with Crippen LogP contribution in [0.15, 0.2) is 42.6 Å². The molecule has 1 fully saturated rings. The Labute approximate surface area is 124 Å². The number of benzene rings is 1. The topological polar surface area (TPSA) is 50.2 Å². The first kappa shape index (κ1) is 13.7. The van der Waals surface area contributed by atoms with Crippen LogP contribution in [0.4, 0.5) is 5.82 Å². The van der Waals surface area contributed by atoms with E-state index >= 15 is 0 Å². The number of hydrogen-bond acceptors (Lipinski definition) is 3. The number of carbonyl (C=O) groups is 1. The second kappa shape index (κ2) is 5.99. The number of aromatic nitrogens is 2. The normalized spacial score (nSPS) is 16.0. The van der Waals surface area contributed by atoms with E-state index in [0.717, 1.165) is 37.3 Å². The van der Waals surface area contributed by atoms with E-state index < -0.39 is 0 Å². The van der Waals surface area contributed by atoms with Crippen molar-refractivity contribution in [1.82, 2.24) is 14.7 Å². The van der Waals surface area contributed by atoms with E-state index in [2.05, 4.69) is 10.4 Å². The van der Waals surface area contributed by atoms with Crippen LogP contribution in [0.5, 0.6) is 0 Å². The Bertz CT molecular complexity index is 602. The van der Waals surface area contributed by atoms with Gasteiger partial charge in [0.1, 0.15) is 11.9 Å². The molecule has 21 heavy (non-hydrogen) atoms. The van der Waals surface area contributed by atoms with Gasteiger partial charge in [-0.1, -0.05) is 30.3 Å². The van der Waals surface area contributed by atoms with Crippen LogP contribution in [0.3, 0.4) is 0 Å². The van der Waals surface area contributed by atoms with Crippen LogP contribution in [0.1, 0.15) is 24.4 Å². The summed E-state index contributed by atoms with van der Waals surface area (Å²) in [7, 11) is 1.87. The molecule has 1 saturated heterocycles. The molecule has 1 aromatic heterocycles. The fraction of sp³-hybridized carbons (Fsp3) is 0.375. The number of hydrogen-bond donors (Lipinski definition) is 1. The number of nitrogens with zero attached hydrogens (tertiary/aromatic N) is 3.